The molecule has 2 aromatic rings. The van der Waals surface area contributed by atoms with Crippen LogP contribution in [0.25, 0.3) is 6.08 Å². The number of thioether (sulfide) groups is 1. The highest BCUT2D eigenvalue weighted by atomic mass is 32.2. The number of aliphatic imine (C=N–C) groups is 1. The fourth-order valence-corrected chi connectivity index (χ4v) is 3.25. The Morgan fingerprint density at radius 2 is 1.80 bits per heavy atom. The largest absolute Gasteiger partial charge is 0.494 e. The Balaban J connectivity index is 1.92. The van der Waals surface area contributed by atoms with E-state index in [9.17, 15) is 4.79 Å². The van der Waals surface area contributed by atoms with Crippen LogP contribution in [-0.4, -0.2) is 23.4 Å². The highest BCUT2D eigenvalue weighted by Gasteiger charge is 2.31. The summed E-state index contributed by atoms with van der Waals surface area (Å²) in [6.45, 7) is 4.61. The molecule has 0 bridgehead atoms. The van der Waals surface area contributed by atoms with E-state index in [1.54, 1.807) is 16.7 Å². The molecule has 1 amide bonds. The van der Waals surface area contributed by atoms with Gasteiger partial charge in [0.15, 0.2) is 5.17 Å². The molecule has 2 aromatic carbocycles. The third kappa shape index (κ3) is 3.94. The van der Waals surface area contributed by atoms with E-state index in [2.05, 4.69) is 4.99 Å². The normalized spacial score (nSPS) is 15.6. The molecule has 0 saturated carbocycles. The molecule has 0 unspecified atom stereocenters. The first-order valence-corrected chi connectivity index (χ1v) is 9.27. The summed E-state index contributed by atoms with van der Waals surface area (Å²) in [6.07, 6.45) is 1.83. The number of benzene rings is 2. The highest BCUT2D eigenvalue weighted by molar-refractivity contribution is 8.14. The minimum absolute atomic E-state index is 0.107. The monoisotopic (exact) mass is 352 g/mol. The quantitative estimate of drug-likeness (QED) is 0.740. The van der Waals surface area contributed by atoms with Gasteiger partial charge in [-0.2, -0.15) is 0 Å². The minimum Gasteiger partial charge on any atom is -0.494 e. The Morgan fingerprint density at radius 3 is 2.44 bits per heavy atom. The van der Waals surface area contributed by atoms with Crippen LogP contribution in [0.2, 0.25) is 0 Å². The van der Waals surface area contributed by atoms with Crippen molar-refractivity contribution in [3.05, 3.63) is 65.9 Å². The van der Waals surface area contributed by atoms with E-state index in [1.807, 2.05) is 74.5 Å². The summed E-state index contributed by atoms with van der Waals surface area (Å²) >= 11 is 1.56. The van der Waals surface area contributed by atoms with Crippen LogP contribution < -0.4 is 9.64 Å². The van der Waals surface area contributed by atoms with Gasteiger partial charge in [0, 0.05) is 0 Å². The van der Waals surface area contributed by atoms with Crippen LogP contribution in [-0.2, 0) is 4.79 Å². The molecule has 0 N–H and O–H groups in total. The molecule has 1 heterocycles. The van der Waals surface area contributed by atoms with E-state index in [4.69, 9.17) is 4.74 Å². The summed E-state index contributed by atoms with van der Waals surface area (Å²) in [5.74, 6) is 1.53. The van der Waals surface area contributed by atoms with Gasteiger partial charge in [0.1, 0.15) is 11.4 Å². The minimum atomic E-state index is -0.107. The first kappa shape index (κ1) is 17.3. The van der Waals surface area contributed by atoms with Crippen molar-refractivity contribution < 1.29 is 9.53 Å². The van der Waals surface area contributed by atoms with E-state index in [0.29, 0.717) is 17.5 Å². The highest BCUT2D eigenvalue weighted by Crippen LogP contribution is 2.30. The van der Waals surface area contributed by atoms with Crippen molar-refractivity contribution in [2.24, 2.45) is 4.99 Å². The number of ether oxygens (including phenoxy) is 1. The summed E-state index contributed by atoms with van der Waals surface area (Å²) in [5, 5.41) is 0.707. The number of rotatable bonds is 5. The van der Waals surface area contributed by atoms with Gasteiger partial charge in [-0.1, -0.05) is 49.0 Å². The third-order valence-corrected chi connectivity index (χ3v) is 4.43. The Labute approximate surface area is 152 Å². The van der Waals surface area contributed by atoms with E-state index in [0.717, 1.165) is 22.8 Å². The fraction of sp³-hybridized carbons (Fsp3) is 0.200. The number of amides is 1. The molecule has 25 heavy (non-hydrogen) atoms. The Kier molecular flexibility index (Phi) is 5.56. The van der Waals surface area contributed by atoms with Gasteiger partial charge in [-0.3, -0.25) is 9.69 Å². The second-order valence-corrected chi connectivity index (χ2v) is 6.57. The molecule has 1 aliphatic rings. The molecule has 0 atom stereocenters. The number of hydrogen-bond acceptors (Lipinski definition) is 4. The van der Waals surface area contributed by atoms with Crippen LogP contribution >= 0.6 is 11.8 Å². The van der Waals surface area contributed by atoms with Gasteiger partial charge in [-0.05, 0) is 48.6 Å². The van der Waals surface area contributed by atoms with Gasteiger partial charge in [-0.15, -0.1) is 0 Å². The van der Waals surface area contributed by atoms with Crippen molar-refractivity contribution in [3.8, 4) is 5.75 Å². The van der Waals surface area contributed by atoms with Crippen LogP contribution in [0, 0.1) is 0 Å². The number of amidine groups is 1. The van der Waals surface area contributed by atoms with Crippen molar-refractivity contribution in [1.29, 1.82) is 0 Å². The van der Waals surface area contributed by atoms with Gasteiger partial charge in [0.25, 0.3) is 5.91 Å². The number of nitrogens with zero attached hydrogens (tertiary/aromatic N) is 2. The van der Waals surface area contributed by atoms with Gasteiger partial charge in [-0.25, -0.2) is 4.99 Å². The molecule has 0 aromatic heterocycles. The van der Waals surface area contributed by atoms with Crippen LogP contribution in [0.15, 0.2) is 65.3 Å². The number of anilines is 1. The molecule has 0 radical (unpaired) electrons. The van der Waals surface area contributed by atoms with Gasteiger partial charge in [0.05, 0.1) is 12.3 Å². The van der Waals surface area contributed by atoms with E-state index < -0.39 is 0 Å². The lowest BCUT2D eigenvalue weighted by Crippen LogP contribution is -2.30. The second-order valence-electron chi connectivity index (χ2n) is 5.34. The molecular weight excluding hydrogens is 332 g/mol. The molecule has 4 nitrogen and oxygen atoms in total. The average Bonchev–Trinajstić information content (AvgIpc) is 2.93. The molecule has 0 saturated heterocycles. The van der Waals surface area contributed by atoms with Crippen molar-refractivity contribution in [2.45, 2.75) is 13.8 Å². The lowest BCUT2D eigenvalue weighted by atomic mass is 10.2. The zero-order chi connectivity index (χ0) is 17.6. The standard InChI is InChI=1S/C20H20N2O2S/c1-3-24-17-12-10-16(11-13-17)22-19(23)18(21-20(22)25-4-2)14-15-8-6-5-7-9-15/h5-14H,3-4H2,1-2H3/b18-14-. The lowest BCUT2D eigenvalue weighted by Gasteiger charge is -2.17. The molecule has 0 spiro atoms. The Hall–Kier alpha value is -2.53. The van der Waals surface area contributed by atoms with Crippen LogP contribution in [0.3, 0.4) is 0 Å². The van der Waals surface area contributed by atoms with Crippen molar-refractivity contribution in [2.75, 3.05) is 17.3 Å². The second kappa shape index (κ2) is 8.03. The molecule has 0 aliphatic carbocycles. The number of carbonyl (C=O) groups excluding carboxylic acids is 1. The van der Waals surface area contributed by atoms with Gasteiger partial charge < -0.3 is 4.74 Å². The summed E-state index contributed by atoms with van der Waals surface area (Å²) in [7, 11) is 0. The average molecular weight is 352 g/mol. The number of carbonyl (C=O) groups is 1. The molecule has 1 aliphatic heterocycles. The van der Waals surface area contributed by atoms with E-state index >= 15 is 0 Å². The summed E-state index contributed by atoms with van der Waals surface area (Å²) in [5.41, 5.74) is 2.21. The zero-order valence-corrected chi connectivity index (χ0v) is 15.1. The molecule has 0 fully saturated rings. The predicted octanol–water partition coefficient (Wildman–Crippen LogP) is 4.58. The third-order valence-electron chi connectivity index (χ3n) is 3.61. The SMILES string of the molecule is CCOc1ccc(N2C(=O)/C(=C/c3ccccc3)N=C2SCC)cc1. The molecular formula is C20H20N2O2S. The topological polar surface area (TPSA) is 41.9 Å². The van der Waals surface area contributed by atoms with Gasteiger partial charge >= 0.3 is 0 Å². The van der Waals surface area contributed by atoms with Crippen LogP contribution in [0.1, 0.15) is 19.4 Å². The maximum absolute atomic E-state index is 12.9. The summed E-state index contributed by atoms with van der Waals surface area (Å²) < 4.78 is 5.47. The molecule has 128 valence electrons. The van der Waals surface area contributed by atoms with Gasteiger partial charge in [0.2, 0.25) is 0 Å². The van der Waals surface area contributed by atoms with E-state index in [-0.39, 0.29) is 5.91 Å². The zero-order valence-electron chi connectivity index (χ0n) is 14.3. The van der Waals surface area contributed by atoms with E-state index in [1.165, 1.54) is 0 Å². The first-order valence-electron chi connectivity index (χ1n) is 8.28. The Morgan fingerprint density at radius 1 is 1.08 bits per heavy atom. The van der Waals surface area contributed by atoms with Crippen LogP contribution in [0.5, 0.6) is 5.75 Å². The summed E-state index contributed by atoms with van der Waals surface area (Å²) in [6, 6.07) is 17.3. The molecule has 3 rings (SSSR count). The Bertz CT molecular complexity index is 798. The smallest absolute Gasteiger partial charge is 0.283 e. The fourth-order valence-electron chi connectivity index (χ4n) is 2.52. The predicted molar refractivity (Wildman–Crippen MR) is 105 cm³/mol. The van der Waals surface area contributed by atoms with Crippen LogP contribution in [0.4, 0.5) is 5.69 Å². The maximum Gasteiger partial charge on any atom is 0.283 e. The summed E-state index contributed by atoms with van der Waals surface area (Å²) in [4.78, 5) is 19.1. The number of hydrogen-bond donors (Lipinski definition) is 0. The molecule has 5 heteroatoms. The first-order chi connectivity index (χ1) is 12.2. The van der Waals surface area contributed by atoms with Crippen molar-refractivity contribution in [3.63, 3.8) is 0 Å². The van der Waals surface area contributed by atoms with Crippen molar-refractivity contribution >= 4 is 34.6 Å². The van der Waals surface area contributed by atoms with Crippen molar-refractivity contribution in [1.82, 2.24) is 0 Å². The maximum atomic E-state index is 12.9. The lowest BCUT2D eigenvalue weighted by molar-refractivity contribution is -0.113.